The van der Waals surface area contributed by atoms with Gasteiger partial charge in [-0.05, 0) is 52.5 Å². The third-order valence-electron chi connectivity index (χ3n) is 4.64. The molecule has 1 amide bonds. The Morgan fingerprint density at radius 3 is 2.71 bits per heavy atom. The maximum atomic E-state index is 12.8. The molecule has 0 aliphatic carbocycles. The van der Waals surface area contributed by atoms with Crippen LogP contribution in [0.5, 0.6) is 0 Å². The van der Waals surface area contributed by atoms with Crippen LogP contribution in [0.3, 0.4) is 0 Å². The number of para-hydroxylation sites is 1. The van der Waals surface area contributed by atoms with E-state index in [-0.39, 0.29) is 5.91 Å². The molecule has 0 aliphatic heterocycles. The molecular formula is C22H21BrN4O. The van der Waals surface area contributed by atoms with Crippen molar-refractivity contribution in [3.63, 3.8) is 0 Å². The number of nitrogens with one attached hydrogen (secondary N) is 1. The van der Waals surface area contributed by atoms with Crippen molar-refractivity contribution in [3.05, 3.63) is 64.1 Å². The van der Waals surface area contributed by atoms with Crippen LogP contribution in [0.2, 0.25) is 0 Å². The lowest BCUT2D eigenvalue weighted by atomic mass is 10.1. The Balaban J connectivity index is 1.85. The van der Waals surface area contributed by atoms with E-state index in [4.69, 9.17) is 4.98 Å². The van der Waals surface area contributed by atoms with Gasteiger partial charge in [0.25, 0.3) is 5.91 Å². The summed E-state index contributed by atoms with van der Waals surface area (Å²) in [6.07, 6.45) is 0. The molecule has 0 atom stereocenters. The van der Waals surface area contributed by atoms with Gasteiger partial charge in [0.05, 0.1) is 16.5 Å². The van der Waals surface area contributed by atoms with Crippen molar-refractivity contribution in [2.45, 2.75) is 27.3 Å². The van der Waals surface area contributed by atoms with Gasteiger partial charge in [0.15, 0.2) is 11.5 Å². The van der Waals surface area contributed by atoms with Gasteiger partial charge in [-0.25, -0.2) is 9.67 Å². The second-order valence-corrected chi connectivity index (χ2v) is 8.22. The van der Waals surface area contributed by atoms with E-state index in [0.29, 0.717) is 17.3 Å². The first-order valence-corrected chi connectivity index (χ1v) is 10.1. The van der Waals surface area contributed by atoms with Crippen molar-refractivity contribution in [2.24, 2.45) is 5.92 Å². The van der Waals surface area contributed by atoms with Crippen molar-refractivity contribution >= 4 is 49.6 Å². The molecule has 0 fully saturated rings. The van der Waals surface area contributed by atoms with Gasteiger partial charge in [0.2, 0.25) is 0 Å². The standard InChI is InChI=1S/C22H21BrN4O/c1-13(2)12-27-21-17(11-15-8-6-7-14(3)19(15)24-21)20(26-27)25-22(28)16-9-4-5-10-18(16)23/h4-11,13H,12H2,1-3H3,(H,25,26,28). The zero-order valence-electron chi connectivity index (χ0n) is 16.0. The van der Waals surface area contributed by atoms with Crippen LogP contribution in [0, 0.1) is 12.8 Å². The number of fused-ring (bicyclic) bond motifs is 2. The third kappa shape index (κ3) is 3.40. The molecule has 0 unspecified atom stereocenters. The predicted octanol–water partition coefficient (Wildman–Crippen LogP) is 5.56. The minimum absolute atomic E-state index is 0.201. The quantitative estimate of drug-likeness (QED) is 0.455. The second-order valence-electron chi connectivity index (χ2n) is 7.36. The maximum Gasteiger partial charge on any atom is 0.258 e. The van der Waals surface area contributed by atoms with E-state index in [1.165, 1.54) is 0 Å². The molecule has 4 rings (SSSR count). The number of anilines is 1. The lowest BCUT2D eigenvalue weighted by molar-refractivity contribution is 0.102. The number of rotatable bonds is 4. The van der Waals surface area contributed by atoms with Crippen LogP contribution in [0.25, 0.3) is 21.9 Å². The Bertz CT molecular complexity index is 1200. The summed E-state index contributed by atoms with van der Waals surface area (Å²) in [6.45, 7) is 7.06. The van der Waals surface area contributed by atoms with Gasteiger partial charge < -0.3 is 5.32 Å². The number of halogens is 1. The number of hydrogen-bond acceptors (Lipinski definition) is 3. The van der Waals surface area contributed by atoms with Crippen LogP contribution >= 0.6 is 15.9 Å². The monoisotopic (exact) mass is 436 g/mol. The summed E-state index contributed by atoms with van der Waals surface area (Å²) in [5, 5.41) is 9.54. The maximum absolute atomic E-state index is 12.8. The summed E-state index contributed by atoms with van der Waals surface area (Å²) >= 11 is 3.44. The number of amides is 1. The molecular weight excluding hydrogens is 416 g/mol. The molecule has 2 heterocycles. The fourth-order valence-electron chi connectivity index (χ4n) is 3.32. The van der Waals surface area contributed by atoms with Gasteiger partial charge >= 0.3 is 0 Å². The van der Waals surface area contributed by atoms with Crippen LogP contribution in [0.1, 0.15) is 29.8 Å². The highest BCUT2D eigenvalue weighted by Gasteiger charge is 2.18. The van der Waals surface area contributed by atoms with Gasteiger partial charge in [-0.3, -0.25) is 4.79 Å². The third-order valence-corrected chi connectivity index (χ3v) is 5.33. The zero-order chi connectivity index (χ0) is 19.8. The van der Waals surface area contributed by atoms with Crippen molar-refractivity contribution in [3.8, 4) is 0 Å². The highest BCUT2D eigenvalue weighted by molar-refractivity contribution is 9.10. The summed E-state index contributed by atoms with van der Waals surface area (Å²) in [7, 11) is 0. The van der Waals surface area contributed by atoms with Crippen LogP contribution in [0.15, 0.2) is 53.0 Å². The van der Waals surface area contributed by atoms with Crippen molar-refractivity contribution in [2.75, 3.05) is 5.32 Å². The van der Waals surface area contributed by atoms with Gasteiger partial charge in [0, 0.05) is 16.4 Å². The Hall–Kier alpha value is -2.73. The topological polar surface area (TPSA) is 59.8 Å². The number of pyridine rings is 1. The molecule has 5 nitrogen and oxygen atoms in total. The van der Waals surface area contributed by atoms with Gasteiger partial charge in [-0.1, -0.05) is 44.2 Å². The molecule has 142 valence electrons. The number of carbonyl (C=O) groups is 1. The molecule has 0 aliphatic rings. The Morgan fingerprint density at radius 2 is 1.96 bits per heavy atom. The Kier molecular flexibility index (Phi) is 4.89. The van der Waals surface area contributed by atoms with E-state index < -0.39 is 0 Å². The number of aromatic nitrogens is 3. The number of aryl methyl sites for hydroxylation is 1. The van der Waals surface area contributed by atoms with Crippen molar-refractivity contribution < 1.29 is 4.79 Å². The average Bonchev–Trinajstić information content (AvgIpc) is 2.97. The molecule has 0 radical (unpaired) electrons. The van der Waals surface area contributed by atoms with Crippen LogP contribution < -0.4 is 5.32 Å². The highest BCUT2D eigenvalue weighted by Crippen LogP contribution is 2.28. The van der Waals surface area contributed by atoms with Gasteiger partial charge in [0.1, 0.15) is 0 Å². The predicted molar refractivity (Wildman–Crippen MR) is 117 cm³/mol. The molecule has 6 heteroatoms. The SMILES string of the molecule is Cc1cccc2cc3c(NC(=O)c4ccccc4Br)nn(CC(C)C)c3nc12. The van der Waals surface area contributed by atoms with Gasteiger partial charge in [-0.2, -0.15) is 5.10 Å². The number of carbonyl (C=O) groups excluding carboxylic acids is 1. The molecule has 1 N–H and O–H groups in total. The van der Waals surface area contributed by atoms with Crippen molar-refractivity contribution in [1.82, 2.24) is 14.8 Å². The Morgan fingerprint density at radius 1 is 1.18 bits per heavy atom. The summed E-state index contributed by atoms with van der Waals surface area (Å²) < 4.78 is 2.64. The van der Waals surface area contributed by atoms with E-state index >= 15 is 0 Å². The molecule has 0 bridgehead atoms. The molecule has 2 aromatic heterocycles. The Labute approximate surface area is 171 Å². The van der Waals surface area contributed by atoms with E-state index in [0.717, 1.165) is 38.5 Å². The summed E-state index contributed by atoms with van der Waals surface area (Å²) in [5.41, 5.74) is 3.44. The minimum Gasteiger partial charge on any atom is -0.304 e. The van der Waals surface area contributed by atoms with E-state index in [1.54, 1.807) is 6.07 Å². The van der Waals surface area contributed by atoms with E-state index in [1.807, 2.05) is 35.0 Å². The van der Waals surface area contributed by atoms with E-state index in [2.05, 4.69) is 59.2 Å². The number of benzene rings is 2. The molecule has 0 saturated heterocycles. The van der Waals surface area contributed by atoms with Crippen LogP contribution in [0.4, 0.5) is 5.82 Å². The highest BCUT2D eigenvalue weighted by atomic mass is 79.9. The molecule has 0 saturated carbocycles. The lowest BCUT2D eigenvalue weighted by Crippen LogP contribution is -2.14. The summed E-state index contributed by atoms with van der Waals surface area (Å²) in [6, 6.07) is 15.5. The number of hydrogen-bond donors (Lipinski definition) is 1. The molecule has 0 spiro atoms. The first-order valence-electron chi connectivity index (χ1n) is 9.27. The number of nitrogens with zero attached hydrogens (tertiary/aromatic N) is 3. The molecule has 2 aromatic carbocycles. The first kappa shape index (κ1) is 18.6. The van der Waals surface area contributed by atoms with Gasteiger partial charge in [-0.15, -0.1) is 0 Å². The smallest absolute Gasteiger partial charge is 0.258 e. The van der Waals surface area contributed by atoms with Crippen LogP contribution in [-0.4, -0.2) is 20.7 Å². The largest absolute Gasteiger partial charge is 0.304 e. The minimum atomic E-state index is -0.201. The fourth-order valence-corrected chi connectivity index (χ4v) is 3.78. The second kappa shape index (κ2) is 7.36. The molecule has 4 aromatic rings. The summed E-state index contributed by atoms with van der Waals surface area (Å²) in [4.78, 5) is 17.7. The average molecular weight is 437 g/mol. The first-order chi connectivity index (χ1) is 13.4. The lowest BCUT2D eigenvalue weighted by Gasteiger charge is -2.06. The summed E-state index contributed by atoms with van der Waals surface area (Å²) in [5.74, 6) is 0.740. The van der Waals surface area contributed by atoms with Crippen molar-refractivity contribution in [1.29, 1.82) is 0 Å². The normalized spacial score (nSPS) is 11.5. The zero-order valence-corrected chi connectivity index (χ0v) is 17.6. The molecule has 28 heavy (non-hydrogen) atoms. The fraction of sp³-hybridized carbons (Fsp3) is 0.227. The van der Waals surface area contributed by atoms with E-state index in [9.17, 15) is 4.79 Å². The van der Waals surface area contributed by atoms with Crippen LogP contribution in [-0.2, 0) is 6.54 Å².